The minimum atomic E-state index is -0.257. The molecule has 1 fully saturated rings. The average molecular weight is 290 g/mol. The van der Waals surface area contributed by atoms with Gasteiger partial charge in [-0.2, -0.15) is 0 Å². The molecule has 1 aliphatic rings. The molecular formula is C17H26N2O2. The maximum Gasteiger partial charge on any atom is 0.253 e. The molecule has 0 saturated carbocycles. The lowest BCUT2D eigenvalue weighted by Gasteiger charge is -2.18. The predicted molar refractivity (Wildman–Crippen MR) is 84.2 cm³/mol. The summed E-state index contributed by atoms with van der Waals surface area (Å²) in [6, 6.07) is 7.92. The number of hydrogen-bond acceptors (Lipinski definition) is 3. The normalized spacial score (nSPS) is 16.5. The van der Waals surface area contributed by atoms with E-state index in [-0.39, 0.29) is 12.0 Å². The Bertz CT molecular complexity index is 450. The SMILES string of the molecule is CC(O)CCN(C)Cc1ccc(C(=O)N2CCCC2)cc1. The summed E-state index contributed by atoms with van der Waals surface area (Å²) < 4.78 is 0. The Morgan fingerprint density at radius 1 is 1.29 bits per heavy atom. The van der Waals surface area contributed by atoms with Crippen molar-refractivity contribution in [1.82, 2.24) is 9.80 Å². The zero-order chi connectivity index (χ0) is 15.2. The molecular weight excluding hydrogens is 264 g/mol. The first kappa shape index (κ1) is 16.0. The zero-order valence-electron chi connectivity index (χ0n) is 13.1. The van der Waals surface area contributed by atoms with Gasteiger partial charge in [-0.25, -0.2) is 0 Å². The van der Waals surface area contributed by atoms with Gasteiger partial charge in [-0.15, -0.1) is 0 Å². The first-order valence-corrected chi connectivity index (χ1v) is 7.81. The largest absolute Gasteiger partial charge is 0.393 e. The third-order valence-electron chi connectivity index (χ3n) is 3.98. The van der Waals surface area contributed by atoms with E-state index in [0.717, 1.165) is 51.0 Å². The Balaban J connectivity index is 1.87. The zero-order valence-corrected chi connectivity index (χ0v) is 13.1. The first-order chi connectivity index (χ1) is 10.1. The lowest BCUT2D eigenvalue weighted by Crippen LogP contribution is -2.27. The molecule has 4 heteroatoms. The van der Waals surface area contributed by atoms with Gasteiger partial charge in [-0.05, 0) is 50.9 Å². The molecule has 1 unspecified atom stereocenters. The maximum atomic E-state index is 12.2. The summed E-state index contributed by atoms with van der Waals surface area (Å²) >= 11 is 0. The number of nitrogens with zero attached hydrogens (tertiary/aromatic N) is 2. The summed E-state index contributed by atoms with van der Waals surface area (Å²) in [7, 11) is 2.05. The lowest BCUT2D eigenvalue weighted by molar-refractivity contribution is 0.0793. The first-order valence-electron chi connectivity index (χ1n) is 7.81. The van der Waals surface area contributed by atoms with Crippen LogP contribution in [0.4, 0.5) is 0 Å². The van der Waals surface area contributed by atoms with Crippen LogP contribution in [0.2, 0.25) is 0 Å². The molecule has 0 aliphatic carbocycles. The summed E-state index contributed by atoms with van der Waals surface area (Å²) in [4.78, 5) is 16.4. The van der Waals surface area contributed by atoms with Crippen molar-refractivity contribution in [3.63, 3.8) is 0 Å². The van der Waals surface area contributed by atoms with Crippen LogP contribution in [0.3, 0.4) is 0 Å². The van der Waals surface area contributed by atoms with Gasteiger partial charge in [0.1, 0.15) is 0 Å². The van der Waals surface area contributed by atoms with Crippen molar-refractivity contribution in [3.8, 4) is 0 Å². The second kappa shape index (κ2) is 7.57. The average Bonchev–Trinajstić information content (AvgIpc) is 2.99. The van der Waals surface area contributed by atoms with Crippen molar-refractivity contribution in [2.24, 2.45) is 0 Å². The molecule has 4 nitrogen and oxygen atoms in total. The number of carbonyl (C=O) groups is 1. The molecule has 0 aromatic heterocycles. The smallest absolute Gasteiger partial charge is 0.253 e. The fraction of sp³-hybridized carbons (Fsp3) is 0.588. The van der Waals surface area contributed by atoms with Gasteiger partial charge in [0.25, 0.3) is 5.91 Å². The van der Waals surface area contributed by atoms with Crippen LogP contribution in [-0.4, -0.2) is 53.6 Å². The maximum absolute atomic E-state index is 12.2. The van der Waals surface area contributed by atoms with Crippen LogP contribution < -0.4 is 0 Å². The third-order valence-corrected chi connectivity index (χ3v) is 3.98. The summed E-state index contributed by atoms with van der Waals surface area (Å²) in [5, 5.41) is 9.30. The quantitative estimate of drug-likeness (QED) is 0.873. The summed E-state index contributed by atoms with van der Waals surface area (Å²) in [5.41, 5.74) is 1.98. The van der Waals surface area contributed by atoms with Crippen LogP contribution in [-0.2, 0) is 6.54 Å². The molecule has 21 heavy (non-hydrogen) atoms. The minimum Gasteiger partial charge on any atom is -0.393 e. The van der Waals surface area contributed by atoms with Gasteiger partial charge in [0.05, 0.1) is 6.10 Å². The Labute approximate surface area is 127 Å². The van der Waals surface area contributed by atoms with E-state index >= 15 is 0 Å². The second-order valence-electron chi connectivity index (χ2n) is 6.07. The summed E-state index contributed by atoms with van der Waals surface area (Å²) in [6.07, 6.45) is 2.77. The van der Waals surface area contributed by atoms with Gasteiger partial charge in [-0.3, -0.25) is 4.79 Å². The standard InChI is InChI=1S/C17H26N2O2/c1-14(20)9-12-18(2)13-15-5-7-16(8-6-15)17(21)19-10-3-4-11-19/h5-8,14,20H,3-4,9-13H2,1-2H3. The number of likely N-dealkylation sites (tertiary alicyclic amines) is 1. The number of benzene rings is 1. The fourth-order valence-electron chi connectivity index (χ4n) is 2.65. The Morgan fingerprint density at radius 3 is 2.48 bits per heavy atom. The molecule has 1 aromatic carbocycles. The highest BCUT2D eigenvalue weighted by Gasteiger charge is 2.19. The molecule has 1 saturated heterocycles. The van der Waals surface area contributed by atoms with E-state index in [2.05, 4.69) is 4.90 Å². The third kappa shape index (κ3) is 4.83. The van der Waals surface area contributed by atoms with Crippen LogP contribution in [0, 0.1) is 0 Å². The summed E-state index contributed by atoms with van der Waals surface area (Å²) in [5.74, 6) is 0.154. The van der Waals surface area contributed by atoms with Crippen molar-refractivity contribution in [3.05, 3.63) is 35.4 Å². The van der Waals surface area contributed by atoms with Crippen LogP contribution in [0.25, 0.3) is 0 Å². The molecule has 0 bridgehead atoms. The van der Waals surface area contributed by atoms with Gasteiger partial charge in [0.2, 0.25) is 0 Å². The Hall–Kier alpha value is -1.39. The molecule has 2 rings (SSSR count). The molecule has 1 atom stereocenters. The number of rotatable bonds is 6. The molecule has 1 aromatic rings. The molecule has 116 valence electrons. The molecule has 1 amide bonds. The van der Waals surface area contributed by atoms with Crippen LogP contribution in [0.5, 0.6) is 0 Å². The van der Waals surface area contributed by atoms with Crippen molar-refractivity contribution in [2.75, 3.05) is 26.7 Å². The minimum absolute atomic E-state index is 0.154. The summed E-state index contributed by atoms with van der Waals surface area (Å²) in [6.45, 7) is 5.30. The van der Waals surface area contributed by atoms with Crippen molar-refractivity contribution < 1.29 is 9.90 Å². The molecule has 0 spiro atoms. The predicted octanol–water partition coefficient (Wildman–Crippen LogP) is 2.13. The van der Waals surface area contributed by atoms with E-state index in [1.165, 1.54) is 5.56 Å². The number of hydrogen-bond donors (Lipinski definition) is 1. The monoisotopic (exact) mass is 290 g/mol. The Kier molecular flexibility index (Phi) is 5.76. The number of carbonyl (C=O) groups excluding carboxylic acids is 1. The van der Waals surface area contributed by atoms with Crippen molar-refractivity contribution in [1.29, 1.82) is 0 Å². The van der Waals surface area contributed by atoms with E-state index in [0.29, 0.717) is 0 Å². The second-order valence-corrected chi connectivity index (χ2v) is 6.07. The highest BCUT2D eigenvalue weighted by molar-refractivity contribution is 5.94. The van der Waals surface area contributed by atoms with Gasteiger partial charge in [-0.1, -0.05) is 12.1 Å². The van der Waals surface area contributed by atoms with Crippen LogP contribution >= 0.6 is 0 Å². The van der Waals surface area contributed by atoms with E-state index in [1.54, 1.807) is 0 Å². The van der Waals surface area contributed by atoms with Crippen molar-refractivity contribution in [2.45, 2.75) is 38.8 Å². The van der Waals surface area contributed by atoms with E-state index in [4.69, 9.17) is 0 Å². The van der Waals surface area contributed by atoms with E-state index < -0.39 is 0 Å². The number of aliphatic hydroxyl groups excluding tert-OH is 1. The van der Waals surface area contributed by atoms with Gasteiger partial charge in [0.15, 0.2) is 0 Å². The van der Waals surface area contributed by atoms with E-state index in [1.807, 2.05) is 43.1 Å². The molecule has 1 heterocycles. The highest BCUT2D eigenvalue weighted by Crippen LogP contribution is 2.14. The molecule has 1 aliphatic heterocycles. The molecule has 0 radical (unpaired) electrons. The molecule has 1 N–H and O–H groups in total. The van der Waals surface area contributed by atoms with Gasteiger partial charge < -0.3 is 14.9 Å². The fourth-order valence-corrected chi connectivity index (χ4v) is 2.65. The Morgan fingerprint density at radius 2 is 1.90 bits per heavy atom. The topological polar surface area (TPSA) is 43.8 Å². The van der Waals surface area contributed by atoms with Gasteiger partial charge >= 0.3 is 0 Å². The van der Waals surface area contributed by atoms with E-state index in [9.17, 15) is 9.90 Å². The van der Waals surface area contributed by atoms with Crippen LogP contribution in [0.1, 0.15) is 42.1 Å². The number of amides is 1. The highest BCUT2D eigenvalue weighted by atomic mass is 16.3. The van der Waals surface area contributed by atoms with Crippen molar-refractivity contribution >= 4 is 5.91 Å². The van der Waals surface area contributed by atoms with Crippen LogP contribution in [0.15, 0.2) is 24.3 Å². The van der Waals surface area contributed by atoms with Gasteiger partial charge in [0, 0.05) is 31.7 Å². The lowest BCUT2D eigenvalue weighted by atomic mass is 10.1. The number of aliphatic hydroxyl groups is 1.